The molecule has 1 aromatic rings. The molecule has 0 unspecified atom stereocenters. The van der Waals surface area contributed by atoms with Gasteiger partial charge in [-0.15, -0.1) is 0 Å². The Balaban J connectivity index is 2.92. The highest BCUT2D eigenvalue weighted by molar-refractivity contribution is 5.98. The number of ether oxygens (including phenoxy) is 2. The van der Waals surface area contributed by atoms with E-state index >= 15 is 0 Å². The number of hydrogen-bond donors (Lipinski definition) is 0. The van der Waals surface area contributed by atoms with Gasteiger partial charge in [0.05, 0.1) is 18.8 Å². The lowest BCUT2D eigenvalue weighted by molar-refractivity contribution is 0.0984. The summed E-state index contributed by atoms with van der Waals surface area (Å²) in [6, 6.07) is 5.44. The van der Waals surface area contributed by atoms with E-state index in [9.17, 15) is 4.79 Å². The summed E-state index contributed by atoms with van der Waals surface area (Å²) in [4.78, 5) is 11.8. The molecule has 0 aliphatic carbocycles. The Morgan fingerprint density at radius 1 is 1.06 bits per heavy atom. The molecule has 3 heteroatoms. The van der Waals surface area contributed by atoms with Gasteiger partial charge in [0.1, 0.15) is 11.5 Å². The summed E-state index contributed by atoms with van der Waals surface area (Å²) in [6.07, 6.45) is 2.36. The highest BCUT2D eigenvalue weighted by atomic mass is 16.5. The van der Waals surface area contributed by atoms with Crippen molar-refractivity contribution in [3.05, 3.63) is 23.8 Å². The van der Waals surface area contributed by atoms with Gasteiger partial charge in [-0.2, -0.15) is 0 Å². The predicted molar refractivity (Wildman–Crippen MR) is 72.6 cm³/mol. The standard InChI is InChI=1S/C15H22O3/c1-4-9-17-12-7-8-13(14(16)6-3)15(11-12)18-10-5-2/h7-8,11H,4-6,9-10H2,1-3H3. The molecule has 1 aromatic carbocycles. The molecule has 0 radical (unpaired) electrons. The minimum atomic E-state index is 0.100. The Bertz CT molecular complexity index is 385. The van der Waals surface area contributed by atoms with Crippen LogP contribution >= 0.6 is 0 Å². The normalized spacial score (nSPS) is 10.2. The molecule has 18 heavy (non-hydrogen) atoms. The van der Waals surface area contributed by atoms with Gasteiger partial charge < -0.3 is 9.47 Å². The second kappa shape index (κ2) is 7.75. The van der Waals surface area contributed by atoms with Gasteiger partial charge in [0.15, 0.2) is 5.78 Å². The van der Waals surface area contributed by atoms with Crippen molar-refractivity contribution in [1.82, 2.24) is 0 Å². The fraction of sp³-hybridized carbons (Fsp3) is 0.533. The van der Waals surface area contributed by atoms with Crippen molar-refractivity contribution < 1.29 is 14.3 Å². The van der Waals surface area contributed by atoms with Crippen molar-refractivity contribution in [3.63, 3.8) is 0 Å². The summed E-state index contributed by atoms with van der Waals surface area (Å²) in [5, 5.41) is 0. The first-order valence-corrected chi connectivity index (χ1v) is 6.65. The van der Waals surface area contributed by atoms with E-state index in [1.807, 2.05) is 26.0 Å². The van der Waals surface area contributed by atoms with Crippen LogP contribution in [0.4, 0.5) is 0 Å². The largest absolute Gasteiger partial charge is 0.493 e. The Labute approximate surface area is 109 Å². The summed E-state index contributed by atoms with van der Waals surface area (Å²) >= 11 is 0. The molecule has 0 amide bonds. The molecule has 0 aliphatic rings. The zero-order valence-corrected chi connectivity index (χ0v) is 11.5. The number of rotatable bonds is 8. The number of hydrogen-bond acceptors (Lipinski definition) is 3. The van der Waals surface area contributed by atoms with Crippen LogP contribution in [-0.4, -0.2) is 19.0 Å². The van der Waals surface area contributed by atoms with Crippen LogP contribution in [0.2, 0.25) is 0 Å². The van der Waals surface area contributed by atoms with Crippen LogP contribution in [0.3, 0.4) is 0 Å². The first-order chi connectivity index (χ1) is 8.72. The quantitative estimate of drug-likeness (QED) is 0.657. The summed E-state index contributed by atoms with van der Waals surface area (Å²) in [5.74, 6) is 1.50. The fourth-order valence-corrected chi connectivity index (χ4v) is 1.56. The minimum absolute atomic E-state index is 0.100. The van der Waals surface area contributed by atoms with Gasteiger partial charge in [0.2, 0.25) is 0 Å². The van der Waals surface area contributed by atoms with E-state index in [1.54, 1.807) is 6.07 Å². The third kappa shape index (κ3) is 4.06. The zero-order valence-electron chi connectivity index (χ0n) is 11.5. The van der Waals surface area contributed by atoms with Gasteiger partial charge in [0.25, 0.3) is 0 Å². The second-order valence-corrected chi connectivity index (χ2v) is 4.13. The first-order valence-electron chi connectivity index (χ1n) is 6.65. The summed E-state index contributed by atoms with van der Waals surface area (Å²) in [7, 11) is 0. The third-order valence-corrected chi connectivity index (χ3v) is 2.51. The van der Waals surface area contributed by atoms with Gasteiger partial charge in [0, 0.05) is 12.5 Å². The number of benzene rings is 1. The van der Waals surface area contributed by atoms with Crippen LogP contribution in [0.15, 0.2) is 18.2 Å². The first kappa shape index (κ1) is 14.6. The molecule has 3 nitrogen and oxygen atoms in total. The average Bonchev–Trinajstić information content (AvgIpc) is 2.42. The molecular weight excluding hydrogens is 228 g/mol. The summed E-state index contributed by atoms with van der Waals surface area (Å²) < 4.78 is 11.2. The highest BCUT2D eigenvalue weighted by Crippen LogP contribution is 2.26. The maximum Gasteiger partial charge on any atom is 0.166 e. The van der Waals surface area contributed by atoms with Gasteiger partial charge in [-0.25, -0.2) is 0 Å². The van der Waals surface area contributed by atoms with Crippen molar-refractivity contribution in [2.45, 2.75) is 40.0 Å². The second-order valence-electron chi connectivity index (χ2n) is 4.13. The Hall–Kier alpha value is -1.51. The molecule has 1 rings (SSSR count). The van der Waals surface area contributed by atoms with E-state index in [4.69, 9.17) is 9.47 Å². The molecule has 0 heterocycles. The van der Waals surface area contributed by atoms with Gasteiger partial charge >= 0.3 is 0 Å². The molecule has 100 valence electrons. The van der Waals surface area contributed by atoms with Crippen molar-refractivity contribution in [2.75, 3.05) is 13.2 Å². The molecule has 0 aliphatic heterocycles. The maximum atomic E-state index is 11.8. The topological polar surface area (TPSA) is 35.5 Å². The van der Waals surface area contributed by atoms with E-state index in [2.05, 4.69) is 6.92 Å². The predicted octanol–water partition coefficient (Wildman–Crippen LogP) is 3.86. The van der Waals surface area contributed by atoms with E-state index in [0.29, 0.717) is 30.9 Å². The van der Waals surface area contributed by atoms with Crippen molar-refractivity contribution in [2.24, 2.45) is 0 Å². The molecule has 0 saturated carbocycles. The van der Waals surface area contributed by atoms with Crippen LogP contribution < -0.4 is 9.47 Å². The van der Waals surface area contributed by atoms with E-state index < -0.39 is 0 Å². The SMILES string of the molecule is CCCOc1ccc(C(=O)CC)c(OCCC)c1. The van der Waals surface area contributed by atoms with Crippen molar-refractivity contribution >= 4 is 5.78 Å². The number of carbonyl (C=O) groups is 1. The van der Waals surface area contributed by atoms with Crippen LogP contribution in [0, 0.1) is 0 Å². The van der Waals surface area contributed by atoms with Crippen LogP contribution in [0.1, 0.15) is 50.4 Å². The molecule has 0 saturated heterocycles. The van der Waals surface area contributed by atoms with Crippen LogP contribution in [-0.2, 0) is 0 Å². The monoisotopic (exact) mass is 250 g/mol. The molecule has 0 N–H and O–H groups in total. The highest BCUT2D eigenvalue weighted by Gasteiger charge is 2.12. The summed E-state index contributed by atoms with van der Waals surface area (Å²) in [6.45, 7) is 7.24. The van der Waals surface area contributed by atoms with Crippen LogP contribution in [0.5, 0.6) is 11.5 Å². The Morgan fingerprint density at radius 3 is 2.33 bits per heavy atom. The summed E-state index contributed by atoms with van der Waals surface area (Å²) in [5.41, 5.74) is 0.648. The van der Waals surface area contributed by atoms with E-state index in [-0.39, 0.29) is 5.78 Å². The van der Waals surface area contributed by atoms with Gasteiger partial charge in [-0.05, 0) is 25.0 Å². The fourth-order valence-electron chi connectivity index (χ4n) is 1.56. The van der Waals surface area contributed by atoms with Crippen LogP contribution in [0.25, 0.3) is 0 Å². The molecule has 0 spiro atoms. The number of Topliss-reactive ketones (excluding diaryl/α,β-unsaturated/α-hetero) is 1. The third-order valence-electron chi connectivity index (χ3n) is 2.51. The lowest BCUT2D eigenvalue weighted by atomic mass is 10.1. The lowest BCUT2D eigenvalue weighted by Gasteiger charge is -2.12. The van der Waals surface area contributed by atoms with Gasteiger partial charge in [-0.3, -0.25) is 4.79 Å². The number of ketones is 1. The van der Waals surface area contributed by atoms with Crippen molar-refractivity contribution in [3.8, 4) is 11.5 Å². The Kier molecular flexibility index (Phi) is 6.26. The van der Waals surface area contributed by atoms with E-state index in [1.165, 1.54) is 0 Å². The molecule has 0 bridgehead atoms. The smallest absolute Gasteiger partial charge is 0.166 e. The molecule has 0 aromatic heterocycles. The minimum Gasteiger partial charge on any atom is -0.493 e. The number of carbonyl (C=O) groups excluding carboxylic acids is 1. The maximum absolute atomic E-state index is 11.8. The molecular formula is C15H22O3. The molecule has 0 fully saturated rings. The van der Waals surface area contributed by atoms with Gasteiger partial charge in [-0.1, -0.05) is 20.8 Å². The molecule has 0 atom stereocenters. The lowest BCUT2D eigenvalue weighted by Crippen LogP contribution is -2.05. The van der Waals surface area contributed by atoms with E-state index in [0.717, 1.165) is 18.6 Å². The Morgan fingerprint density at radius 2 is 1.72 bits per heavy atom. The zero-order chi connectivity index (χ0) is 13.4. The van der Waals surface area contributed by atoms with Crippen molar-refractivity contribution in [1.29, 1.82) is 0 Å². The average molecular weight is 250 g/mol.